The van der Waals surface area contributed by atoms with Crippen LogP contribution in [-0.2, 0) is 9.53 Å². The van der Waals surface area contributed by atoms with Crippen LogP contribution in [0, 0.1) is 5.82 Å². The van der Waals surface area contributed by atoms with Gasteiger partial charge in [-0.15, -0.1) is 0 Å². The first-order valence-corrected chi connectivity index (χ1v) is 6.98. The van der Waals surface area contributed by atoms with Gasteiger partial charge in [0, 0.05) is 25.3 Å². The normalized spacial score (nSPS) is 12.4. The van der Waals surface area contributed by atoms with Gasteiger partial charge in [0.15, 0.2) is 0 Å². The molecule has 0 aromatic heterocycles. The van der Waals surface area contributed by atoms with Crippen molar-refractivity contribution in [1.82, 2.24) is 4.90 Å². The third kappa shape index (κ3) is 6.10. The first-order chi connectivity index (χ1) is 9.93. The van der Waals surface area contributed by atoms with Crippen LogP contribution < -0.4 is 11.1 Å². The van der Waals surface area contributed by atoms with Crippen molar-refractivity contribution < 1.29 is 13.9 Å². The molecule has 0 saturated heterocycles. The molecule has 0 saturated carbocycles. The predicted molar refractivity (Wildman–Crippen MR) is 82.6 cm³/mol. The third-order valence-electron chi connectivity index (χ3n) is 3.34. The monoisotopic (exact) mass is 297 g/mol. The van der Waals surface area contributed by atoms with E-state index < -0.39 is 5.82 Å². The number of methoxy groups -OCH3 is 1. The molecule has 21 heavy (non-hydrogen) atoms. The number of halogens is 1. The van der Waals surface area contributed by atoms with Gasteiger partial charge in [0.1, 0.15) is 5.82 Å². The highest BCUT2D eigenvalue weighted by Gasteiger charge is 2.11. The number of rotatable bonds is 8. The van der Waals surface area contributed by atoms with E-state index in [1.165, 1.54) is 18.2 Å². The molecule has 0 aliphatic heterocycles. The zero-order chi connectivity index (χ0) is 15.8. The number of nitrogens with zero attached hydrogens (tertiary/aromatic N) is 1. The van der Waals surface area contributed by atoms with Crippen molar-refractivity contribution in [3.63, 3.8) is 0 Å². The Bertz CT molecular complexity index is 468. The molecule has 0 bridgehead atoms. The Morgan fingerprint density at radius 3 is 2.90 bits per heavy atom. The largest absolute Gasteiger partial charge is 0.399 e. The van der Waals surface area contributed by atoms with Crippen molar-refractivity contribution >= 4 is 17.3 Å². The number of ether oxygens (including phenoxy) is 1. The van der Waals surface area contributed by atoms with E-state index in [9.17, 15) is 9.18 Å². The number of amides is 1. The molecule has 0 aliphatic rings. The van der Waals surface area contributed by atoms with Gasteiger partial charge >= 0.3 is 0 Å². The van der Waals surface area contributed by atoms with Gasteiger partial charge in [-0.3, -0.25) is 4.79 Å². The van der Waals surface area contributed by atoms with E-state index in [0.717, 1.165) is 6.54 Å². The number of benzene rings is 1. The fraction of sp³-hybridized carbons (Fsp3) is 0.533. The number of nitrogen functional groups attached to an aromatic ring is 1. The minimum absolute atomic E-state index is 0.126. The third-order valence-corrected chi connectivity index (χ3v) is 3.34. The molecule has 0 spiro atoms. The van der Waals surface area contributed by atoms with E-state index in [1.54, 1.807) is 7.11 Å². The standard InChI is InChI=1S/C15H24FN3O2/c1-11(10-21-3)19(2)8-4-5-15(20)18-14-9-12(17)6-7-13(14)16/h6-7,9,11H,4-5,8,10,17H2,1-3H3,(H,18,20). The number of likely N-dealkylation sites (N-methyl/N-ethyl adjacent to an activating group) is 1. The Morgan fingerprint density at radius 2 is 2.24 bits per heavy atom. The highest BCUT2D eigenvalue weighted by atomic mass is 19.1. The van der Waals surface area contributed by atoms with Crippen LogP contribution >= 0.6 is 0 Å². The number of nitrogens with one attached hydrogen (secondary N) is 1. The van der Waals surface area contributed by atoms with Gasteiger partial charge in [0.25, 0.3) is 0 Å². The molecule has 0 fully saturated rings. The van der Waals surface area contributed by atoms with Gasteiger partial charge in [0.05, 0.1) is 12.3 Å². The predicted octanol–water partition coefficient (Wildman–Crippen LogP) is 2.09. The summed E-state index contributed by atoms with van der Waals surface area (Å²) >= 11 is 0. The summed E-state index contributed by atoms with van der Waals surface area (Å²) in [5.74, 6) is -0.698. The summed E-state index contributed by atoms with van der Waals surface area (Å²) in [6.07, 6.45) is 1.03. The maximum atomic E-state index is 13.5. The van der Waals surface area contributed by atoms with Gasteiger partial charge < -0.3 is 20.7 Å². The van der Waals surface area contributed by atoms with Crippen molar-refractivity contribution in [2.45, 2.75) is 25.8 Å². The summed E-state index contributed by atoms with van der Waals surface area (Å²) < 4.78 is 18.6. The average molecular weight is 297 g/mol. The molecule has 5 nitrogen and oxygen atoms in total. The summed E-state index contributed by atoms with van der Waals surface area (Å²) in [4.78, 5) is 13.9. The zero-order valence-corrected chi connectivity index (χ0v) is 12.9. The number of carbonyl (C=O) groups excluding carboxylic acids is 1. The van der Waals surface area contributed by atoms with E-state index >= 15 is 0 Å². The molecular weight excluding hydrogens is 273 g/mol. The number of anilines is 2. The molecule has 6 heteroatoms. The molecule has 1 aromatic carbocycles. The quantitative estimate of drug-likeness (QED) is 0.721. The second-order valence-electron chi connectivity index (χ2n) is 5.18. The maximum Gasteiger partial charge on any atom is 0.224 e. The SMILES string of the molecule is COCC(C)N(C)CCCC(=O)Nc1cc(N)ccc1F. The van der Waals surface area contributed by atoms with Crippen LogP contribution in [0.2, 0.25) is 0 Å². The molecule has 118 valence electrons. The van der Waals surface area contributed by atoms with Crippen LogP contribution in [0.4, 0.5) is 15.8 Å². The second kappa shape index (κ2) is 8.59. The Labute approximate surface area is 125 Å². The molecule has 0 heterocycles. The highest BCUT2D eigenvalue weighted by molar-refractivity contribution is 5.91. The van der Waals surface area contributed by atoms with Gasteiger partial charge in [-0.25, -0.2) is 4.39 Å². The Balaban J connectivity index is 2.36. The van der Waals surface area contributed by atoms with Crippen LogP contribution in [0.1, 0.15) is 19.8 Å². The van der Waals surface area contributed by atoms with Gasteiger partial charge in [0.2, 0.25) is 5.91 Å². The summed E-state index contributed by atoms with van der Waals surface area (Å²) in [5.41, 5.74) is 6.11. The lowest BCUT2D eigenvalue weighted by molar-refractivity contribution is -0.116. The Kier molecular flexibility index (Phi) is 7.11. The van der Waals surface area contributed by atoms with Gasteiger partial charge in [-0.2, -0.15) is 0 Å². The number of carbonyl (C=O) groups is 1. The first-order valence-electron chi connectivity index (χ1n) is 6.98. The molecular formula is C15H24FN3O2. The van der Waals surface area contributed by atoms with Crippen LogP contribution in [0.25, 0.3) is 0 Å². The number of hydrogen-bond acceptors (Lipinski definition) is 4. The minimum atomic E-state index is -0.483. The lowest BCUT2D eigenvalue weighted by Crippen LogP contribution is -2.33. The van der Waals surface area contributed by atoms with Crippen LogP contribution in [0.5, 0.6) is 0 Å². The smallest absolute Gasteiger partial charge is 0.224 e. The molecule has 1 amide bonds. The lowest BCUT2D eigenvalue weighted by Gasteiger charge is -2.23. The molecule has 1 rings (SSSR count). The molecule has 3 N–H and O–H groups in total. The number of nitrogens with two attached hydrogens (primary N) is 1. The van der Waals surface area contributed by atoms with Crippen LogP contribution in [-0.4, -0.2) is 44.2 Å². The van der Waals surface area contributed by atoms with Gasteiger partial charge in [-0.05, 0) is 45.1 Å². The molecule has 0 aliphatic carbocycles. The fourth-order valence-corrected chi connectivity index (χ4v) is 1.93. The topological polar surface area (TPSA) is 67.6 Å². The van der Waals surface area contributed by atoms with Crippen molar-refractivity contribution in [2.75, 3.05) is 38.4 Å². The average Bonchev–Trinajstić information content (AvgIpc) is 2.43. The van der Waals surface area contributed by atoms with E-state index in [4.69, 9.17) is 10.5 Å². The summed E-state index contributed by atoms with van der Waals surface area (Å²) in [5, 5.41) is 2.54. The lowest BCUT2D eigenvalue weighted by atomic mass is 10.2. The molecule has 1 aromatic rings. The van der Waals surface area contributed by atoms with Crippen LogP contribution in [0.15, 0.2) is 18.2 Å². The summed E-state index contributed by atoms with van der Waals surface area (Å²) in [6.45, 7) is 3.49. The molecule has 0 radical (unpaired) electrons. The molecule has 1 atom stereocenters. The van der Waals surface area contributed by atoms with E-state index in [-0.39, 0.29) is 11.6 Å². The Hall–Kier alpha value is -1.66. The molecule has 1 unspecified atom stereocenters. The first kappa shape index (κ1) is 17.4. The summed E-state index contributed by atoms with van der Waals surface area (Å²) in [7, 11) is 3.65. The maximum absolute atomic E-state index is 13.5. The van der Waals surface area contributed by atoms with Gasteiger partial charge in [-0.1, -0.05) is 0 Å². The Morgan fingerprint density at radius 1 is 1.52 bits per heavy atom. The van der Waals surface area contributed by atoms with E-state index in [1.807, 2.05) is 7.05 Å². The van der Waals surface area contributed by atoms with Crippen LogP contribution in [0.3, 0.4) is 0 Å². The van der Waals surface area contributed by atoms with E-state index in [2.05, 4.69) is 17.1 Å². The van der Waals surface area contributed by atoms with Crippen molar-refractivity contribution in [1.29, 1.82) is 0 Å². The summed E-state index contributed by atoms with van der Waals surface area (Å²) in [6, 6.07) is 4.41. The second-order valence-corrected chi connectivity index (χ2v) is 5.18. The van der Waals surface area contributed by atoms with Crippen molar-refractivity contribution in [3.8, 4) is 0 Å². The highest BCUT2D eigenvalue weighted by Crippen LogP contribution is 2.17. The number of hydrogen-bond donors (Lipinski definition) is 2. The minimum Gasteiger partial charge on any atom is -0.399 e. The van der Waals surface area contributed by atoms with Crippen molar-refractivity contribution in [3.05, 3.63) is 24.0 Å². The zero-order valence-electron chi connectivity index (χ0n) is 12.9. The van der Waals surface area contributed by atoms with E-state index in [0.29, 0.717) is 31.2 Å². The van der Waals surface area contributed by atoms with Crippen molar-refractivity contribution in [2.24, 2.45) is 0 Å². The fourth-order valence-electron chi connectivity index (χ4n) is 1.93.